The van der Waals surface area contributed by atoms with Gasteiger partial charge in [-0.25, -0.2) is 0 Å². The fourth-order valence-electron chi connectivity index (χ4n) is 3.22. The Morgan fingerprint density at radius 1 is 1.39 bits per heavy atom. The lowest BCUT2D eigenvalue weighted by Crippen LogP contribution is -2.46. The summed E-state index contributed by atoms with van der Waals surface area (Å²) in [7, 11) is 0. The summed E-state index contributed by atoms with van der Waals surface area (Å²) in [6, 6.07) is 0. The maximum absolute atomic E-state index is 12.1. The van der Waals surface area contributed by atoms with E-state index in [1.165, 1.54) is 0 Å². The normalized spacial score (nSPS) is 27.7. The van der Waals surface area contributed by atoms with Crippen molar-refractivity contribution in [3.05, 3.63) is 0 Å². The van der Waals surface area contributed by atoms with Crippen molar-refractivity contribution in [1.82, 2.24) is 4.90 Å². The zero-order valence-electron chi connectivity index (χ0n) is 15.6. The van der Waals surface area contributed by atoms with Crippen molar-refractivity contribution in [2.75, 3.05) is 32.8 Å². The lowest BCUT2D eigenvalue weighted by atomic mass is 9.75. The molecule has 0 aliphatic carbocycles. The smallest absolute Gasteiger partial charge is 0.308 e. The first kappa shape index (κ1) is 20.4. The van der Waals surface area contributed by atoms with Crippen LogP contribution in [0.5, 0.6) is 0 Å². The predicted octanol–water partition coefficient (Wildman–Crippen LogP) is 2.61. The Kier molecular flexibility index (Phi) is 7.98. The van der Waals surface area contributed by atoms with Gasteiger partial charge in [0.05, 0.1) is 17.6 Å². The molecule has 1 aliphatic heterocycles. The van der Waals surface area contributed by atoms with Crippen LogP contribution in [0.15, 0.2) is 0 Å². The van der Waals surface area contributed by atoms with Gasteiger partial charge in [-0.1, -0.05) is 20.8 Å². The van der Waals surface area contributed by atoms with E-state index in [0.717, 1.165) is 38.9 Å². The number of ether oxygens (including phenoxy) is 2. The van der Waals surface area contributed by atoms with Crippen LogP contribution in [-0.2, 0) is 14.3 Å². The molecule has 1 saturated heterocycles. The van der Waals surface area contributed by atoms with Gasteiger partial charge in [0.25, 0.3) is 0 Å². The average Bonchev–Trinajstić information content (AvgIpc) is 2.51. The third kappa shape index (κ3) is 6.40. The van der Waals surface area contributed by atoms with Crippen LogP contribution < -0.4 is 0 Å². The molecule has 1 heterocycles. The number of carbonyl (C=O) groups is 1. The highest BCUT2D eigenvalue weighted by molar-refractivity contribution is 5.70. The highest BCUT2D eigenvalue weighted by atomic mass is 16.5. The molecule has 0 saturated carbocycles. The quantitative estimate of drug-likeness (QED) is 0.659. The average molecular weight is 329 g/mol. The number of likely N-dealkylation sites (N-methyl/N-ethyl adjacent to an activating group) is 1. The number of carbonyl (C=O) groups excluding carboxylic acids is 1. The van der Waals surface area contributed by atoms with Gasteiger partial charge in [0, 0.05) is 13.2 Å². The third-order valence-corrected chi connectivity index (χ3v) is 5.29. The van der Waals surface area contributed by atoms with Gasteiger partial charge in [-0.2, -0.15) is 0 Å². The molecule has 0 amide bonds. The summed E-state index contributed by atoms with van der Waals surface area (Å²) in [6.45, 7) is 13.8. The van der Waals surface area contributed by atoms with Crippen LogP contribution >= 0.6 is 0 Å². The molecule has 23 heavy (non-hydrogen) atoms. The van der Waals surface area contributed by atoms with E-state index in [4.69, 9.17) is 9.47 Å². The molecule has 136 valence electrons. The molecule has 0 bridgehead atoms. The first-order valence-corrected chi connectivity index (χ1v) is 9.00. The molecule has 1 N–H and O–H groups in total. The number of hydrogen-bond acceptors (Lipinski definition) is 5. The minimum Gasteiger partial charge on any atom is -0.464 e. The molecule has 0 spiro atoms. The summed E-state index contributed by atoms with van der Waals surface area (Å²) in [6.07, 6.45) is 2.53. The SMILES string of the molecule is CCN(CC)CCOC(=O)C[C@@](C)(O)[C@@H]1CCO[C@@](C)(CC)C1. The summed E-state index contributed by atoms with van der Waals surface area (Å²) in [4.78, 5) is 14.3. The van der Waals surface area contributed by atoms with Gasteiger partial charge < -0.3 is 19.5 Å². The van der Waals surface area contributed by atoms with Crippen LogP contribution in [0, 0.1) is 5.92 Å². The molecule has 0 radical (unpaired) electrons. The molecule has 5 heteroatoms. The largest absolute Gasteiger partial charge is 0.464 e. The third-order valence-electron chi connectivity index (χ3n) is 5.29. The Labute approximate surface area is 141 Å². The lowest BCUT2D eigenvalue weighted by molar-refractivity contribution is -0.160. The van der Waals surface area contributed by atoms with Gasteiger partial charge in [0.1, 0.15) is 6.61 Å². The van der Waals surface area contributed by atoms with E-state index < -0.39 is 5.60 Å². The summed E-state index contributed by atoms with van der Waals surface area (Å²) in [5.41, 5.74) is -1.23. The van der Waals surface area contributed by atoms with Crippen LogP contribution in [0.3, 0.4) is 0 Å². The van der Waals surface area contributed by atoms with Crippen molar-refractivity contribution in [1.29, 1.82) is 0 Å². The molecule has 0 aromatic heterocycles. The Morgan fingerprint density at radius 2 is 2.04 bits per heavy atom. The summed E-state index contributed by atoms with van der Waals surface area (Å²) >= 11 is 0. The molecule has 1 aliphatic rings. The molecule has 1 fully saturated rings. The molecule has 3 atom stereocenters. The molecular formula is C18H35NO4. The fourth-order valence-corrected chi connectivity index (χ4v) is 3.22. The van der Waals surface area contributed by atoms with Gasteiger partial charge in [0.15, 0.2) is 0 Å². The van der Waals surface area contributed by atoms with Gasteiger partial charge in [0.2, 0.25) is 0 Å². The Hall–Kier alpha value is -0.650. The van der Waals surface area contributed by atoms with Crippen molar-refractivity contribution in [2.45, 2.75) is 71.5 Å². The number of rotatable bonds is 9. The first-order valence-electron chi connectivity index (χ1n) is 9.00. The van der Waals surface area contributed by atoms with Crippen LogP contribution in [0.2, 0.25) is 0 Å². The number of esters is 1. The molecule has 0 aromatic carbocycles. The number of aliphatic hydroxyl groups is 1. The first-order chi connectivity index (χ1) is 10.8. The monoisotopic (exact) mass is 329 g/mol. The van der Waals surface area contributed by atoms with E-state index in [2.05, 4.69) is 32.6 Å². The minimum atomic E-state index is -1.04. The van der Waals surface area contributed by atoms with Crippen LogP contribution in [-0.4, -0.2) is 60.0 Å². The molecule has 0 aromatic rings. The van der Waals surface area contributed by atoms with Crippen molar-refractivity contribution >= 4 is 5.97 Å². The topological polar surface area (TPSA) is 59.0 Å². The number of hydrogen-bond donors (Lipinski definition) is 1. The molecule has 0 unspecified atom stereocenters. The van der Waals surface area contributed by atoms with Crippen molar-refractivity contribution < 1.29 is 19.4 Å². The van der Waals surface area contributed by atoms with Crippen LogP contribution in [0.4, 0.5) is 0 Å². The molecule has 5 nitrogen and oxygen atoms in total. The van der Waals surface area contributed by atoms with Gasteiger partial charge in [-0.3, -0.25) is 4.79 Å². The second-order valence-electron chi connectivity index (χ2n) is 7.12. The van der Waals surface area contributed by atoms with Crippen molar-refractivity contribution in [3.8, 4) is 0 Å². The van der Waals surface area contributed by atoms with Crippen LogP contribution in [0.25, 0.3) is 0 Å². The molecule has 1 rings (SSSR count). The predicted molar refractivity (Wildman–Crippen MR) is 91.4 cm³/mol. The number of nitrogens with zero attached hydrogens (tertiary/aromatic N) is 1. The van der Waals surface area contributed by atoms with E-state index in [9.17, 15) is 9.90 Å². The van der Waals surface area contributed by atoms with E-state index in [1.807, 2.05) is 0 Å². The van der Waals surface area contributed by atoms with Crippen molar-refractivity contribution in [3.63, 3.8) is 0 Å². The fraction of sp³-hybridized carbons (Fsp3) is 0.944. The standard InChI is InChI=1S/C18H35NO4/c1-6-17(4)13-15(9-11-23-17)18(5,21)14-16(20)22-12-10-19(7-2)8-3/h15,21H,6-14H2,1-5H3/t15-,17+,18-/m1/s1. The maximum Gasteiger partial charge on any atom is 0.308 e. The highest BCUT2D eigenvalue weighted by Crippen LogP contribution is 2.38. The Bertz CT molecular complexity index is 368. The maximum atomic E-state index is 12.1. The van der Waals surface area contributed by atoms with E-state index in [0.29, 0.717) is 13.2 Å². The van der Waals surface area contributed by atoms with Crippen molar-refractivity contribution in [2.24, 2.45) is 5.92 Å². The van der Waals surface area contributed by atoms with Crippen LogP contribution in [0.1, 0.15) is 60.3 Å². The van der Waals surface area contributed by atoms with Gasteiger partial charge >= 0.3 is 5.97 Å². The second-order valence-corrected chi connectivity index (χ2v) is 7.12. The van der Waals surface area contributed by atoms with E-state index in [1.54, 1.807) is 6.92 Å². The molecular weight excluding hydrogens is 294 g/mol. The minimum absolute atomic E-state index is 0.0513. The van der Waals surface area contributed by atoms with Gasteiger partial charge in [-0.05, 0) is 52.1 Å². The van der Waals surface area contributed by atoms with E-state index in [-0.39, 0.29) is 23.9 Å². The highest BCUT2D eigenvalue weighted by Gasteiger charge is 2.42. The zero-order chi connectivity index (χ0) is 17.5. The Balaban J connectivity index is 2.45. The second kappa shape index (κ2) is 9.00. The summed E-state index contributed by atoms with van der Waals surface area (Å²) in [5.74, 6) is -0.247. The summed E-state index contributed by atoms with van der Waals surface area (Å²) < 4.78 is 11.1. The Morgan fingerprint density at radius 3 is 2.61 bits per heavy atom. The zero-order valence-corrected chi connectivity index (χ0v) is 15.6. The summed E-state index contributed by atoms with van der Waals surface area (Å²) in [5, 5.41) is 10.8. The van der Waals surface area contributed by atoms with E-state index >= 15 is 0 Å². The lowest BCUT2D eigenvalue weighted by Gasteiger charge is -2.43. The van der Waals surface area contributed by atoms with Gasteiger partial charge in [-0.15, -0.1) is 0 Å².